The quantitative estimate of drug-likeness (QED) is 0.933. The van der Waals surface area contributed by atoms with Gasteiger partial charge in [-0.25, -0.2) is 0 Å². The lowest BCUT2D eigenvalue weighted by molar-refractivity contribution is -0.121. The van der Waals surface area contributed by atoms with Gasteiger partial charge in [0.1, 0.15) is 0 Å². The first-order valence-electron chi connectivity index (χ1n) is 6.19. The number of aromatic nitrogens is 1. The molecule has 2 aromatic rings. The normalized spacial score (nSPS) is 11.9. The van der Waals surface area contributed by atoms with Gasteiger partial charge in [0.2, 0.25) is 5.91 Å². The Morgan fingerprint density at radius 2 is 1.95 bits per heavy atom. The Morgan fingerprint density at radius 1 is 1.25 bits per heavy atom. The summed E-state index contributed by atoms with van der Waals surface area (Å²) in [6.45, 7) is 1.93. The number of amides is 1. The zero-order valence-electron chi connectivity index (χ0n) is 10.9. The highest BCUT2D eigenvalue weighted by molar-refractivity contribution is 6.35. The van der Waals surface area contributed by atoms with Crippen LogP contribution in [0.5, 0.6) is 0 Å². The average Bonchev–Trinajstić information content (AvgIpc) is 2.43. The van der Waals surface area contributed by atoms with Gasteiger partial charge in [-0.3, -0.25) is 9.78 Å². The topological polar surface area (TPSA) is 42.0 Å². The molecule has 2 rings (SSSR count). The third-order valence-electron chi connectivity index (χ3n) is 2.95. The van der Waals surface area contributed by atoms with Crippen LogP contribution in [-0.4, -0.2) is 10.9 Å². The number of carbonyl (C=O) groups excluding carboxylic acids is 1. The van der Waals surface area contributed by atoms with Crippen molar-refractivity contribution in [3.8, 4) is 0 Å². The van der Waals surface area contributed by atoms with Crippen LogP contribution in [-0.2, 0) is 11.2 Å². The smallest absolute Gasteiger partial charge is 0.224 e. The molecular formula is C15H14Cl2N2O. The van der Waals surface area contributed by atoms with Gasteiger partial charge in [0, 0.05) is 22.4 Å². The predicted molar refractivity (Wildman–Crippen MR) is 81.0 cm³/mol. The fourth-order valence-corrected chi connectivity index (χ4v) is 2.34. The summed E-state index contributed by atoms with van der Waals surface area (Å²) in [5.74, 6) is -0.0847. The maximum Gasteiger partial charge on any atom is 0.224 e. The molecule has 1 aromatic carbocycles. The molecule has 0 saturated carbocycles. The Morgan fingerprint density at radius 3 is 2.60 bits per heavy atom. The molecule has 3 nitrogen and oxygen atoms in total. The van der Waals surface area contributed by atoms with Crippen LogP contribution in [0.2, 0.25) is 10.0 Å². The van der Waals surface area contributed by atoms with Crippen molar-refractivity contribution in [2.24, 2.45) is 0 Å². The van der Waals surface area contributed by atoms with Crippen LogP contribution in [0.4, 0.5) is 0 Å². The molecule has 1 N–H and O–H groups in total. The first-order chi connectivity index (χ1) is 9.56. The summed E-state index contributed by atoms with van der Waals surface area (Å²) in [7, 11) is 0. The fourth-order valence-electron chi connectivity index (χ4n) is 1.87. The number of rotatable bonds is 4. The van der Waals surface area contributed by atoms with Crippen molar-refractivity contribution in [2.45, 2.75) is 19.4 Å². The first-order valence-corrected chi connectivity index (χ1v) is 6.95. The van der Waals surface area contributed by atoms with E-state index in [2.05, 4.69) is 10.3 Å². The molecule has 1 atom stereocenters. The van der Waals surface area contributed by atoms with Gasteiger partial charge < -0.3 is 5.32 Å². The molecule has 0 saturated heterocycles. The van der Waals surface area contributed by atoms with Gasteiger partial charge in [0.15, 0.2) is 0 Å². The van der Waals surface area contributed by atoms with Crippen LogP contribution >= 0.6 is 23.2 Å². The lowest BCUT2D eigenvalue weighted by atomic mass is 10.1. The molecule has 0 fully saturated rings. The predicted octanol–water partition coefficient (Wildman–Crippen LogP) is 3.81. The van der Waals surface area contributed by atoms with Gasteiger partial charge in [-0.05, 0) is 42.3 Å². The maximum absolute atomic E-state index is 12.0. The van der Waals surface area contributed by atoms with Gasteiger partial charge in [-0.15, -0.1) is 0 Å². The molecule has 0 spiro atoms. The number of hydrogen-bond acceptors (Lipinski definition) is 2. The van der Waals surface area contributed by atoms with Gasteiger partial charge >= 0.3 is 0 Å². The summed E-state index contributed by atoms with van der Waals surface area (Å²) in [6, 6.07) is 8.80. The van der Waals surface area contributed by atoms with Crippen LogP contribution in [0.25, 0.3) is 0 Å². The first kappa shape index (κ1) is 14.8. The van der Waals surface area contributed by atoms with Crippen molar-refractivity contribution in [2.75, 3.05) is 0 Å². The Bertz CT molecular complexity index is 602. The number of carbonyl (C=O) groups is 1. The van der Waals surface area contributed by atoms with E-state index in [1.54, 1.807) is 30.6 Å². The van der Waals surface area contributed by atoms with E-state index in [0.29, 0.717) is 10.0 Å². The molecule has 5 heteroatoms. The van der Waals surface area contributed by atoms with Crippen LogP contribution in [0.1, 0.15) is 24.1 Å². The minimum atomic E-state index is -0.0847. The van der Waals surface area contributed by atoms with Crippen molar-refractivity contribution in [1.82, 2.24) is 10.3 Å². The van der Waals surface area contributed by atoms with E-state index >= 15 is 0 Å². The van der Waals surface area contributed by atoms with Crippen LogP contribution in [0, 0.1) is 0 Å². The van der Waals surface area contributed by atoms with Gasteiger partial charge in [0.05, 0.1) is 12.5 Å². The number of pyridine rings is 1. The molecule has 0 radical (unpaired) electrons. The average molecular weight is 309 g/mol. The number of benzene rings is 1. The van der Waals surface area contributed by atoms with Gasteiger partial charge in [0.25, 0.3) is 0 Å². The van der Waals surface area contributed by atoms with E-state index in [1.807, 2.05) is 19.1 Å². The second-order valence-corrected chi connectivity index (χ2v) is 5.33. The van der Waals surface area contributed by atoms with E-state index in [9.17, 15) is 4.79 Å². The molecule has 1 aromatic heterocycles. The van der Waals surface area contributed by atoms with Crippen molar-refractivity contribution in [1.29, 1.82) is 0 Å². The molecule has 0 aliphatic carbocycles. The van der Waals surface area contributed by atoms with Crippen molar-refractivity contribution in [3.05, 3.63) is 63.9 Å². The summed E-state index contributed by atoms with van der Waals surface area (Å²) < 4.78 is 0. The summed E-state index contributed by atoms with van der Waals surface area (Å²) in [5.41, 5.74) is 1.77. The van der Waals surface area contributed by atoms with Crippen LogP contribution < -0.4 is 5.32 Å². The largest absolute Gasteiger partial charge is 0.349 e. The van der Waals surface area contributed by atoms with Crippen molar-refractivity contribution in [3.63, 3.8) is 0 Å². The second-order valence-electron chi connectivity index (χ2n) is 4.48. The van der Waals surface area contributed by atoms with Crippen LogP contribution in [0.3, 0.4) is 0 Å². The zero-order valence-corrected chi connectivity index (χ0v) is 12.4. The second kappa shape index (κ2) is 6.73. The molecular weight excluding hydrogens is 295 g/mol. The van der Waals surface area contributed by atoms with Crippen LogP contribution in [0.15, 0.2) is 42.7 Å². The van der Waals surface area contributed by atoms with E-state index < -0.39 is 0 Å². The van der Waals surface area contributed by atoms with E-state index in [0.717, 1.165) is 11.1 Å². The Kier molecular flexibility index (Phi) is 4.99. The Balaban J connectivity index is 1.99. The number of halogens is 2. The minimum absolute atomic E-state index is 0.0726. The number of nitrogens with one attached hydrogen (secondary N) is 1. The highest BCUT2D eigenvalue weighted by atomic mass is 35.5. The summed E-state index contributed by atoms with van der Waals surface area (Å²) in [4.78, 5) is 16.0. The van der Waals surface area contributed by atoms with E-state index in [1.165, 1.54) is 0 Å². The van der Waals surface area contributed by atoms with Crippen molar-refractivity contribution >= 4 is 29.1 Å². The number of hydrogen-bond donors (Lipinski definition) is 1. The lowest BCUT2D eigenvalue weighted by Crippen LogP contribution is -2.28. The SMILES string of the molecule is CC(NC(=O)Cc1ccc(Cl)cc1Cl)c1ccncc1. The minimum Gasteiger partial charge on any atom is -0.349 e. The molecule has 0 bridgehead atoms. The molecule has 1 unspecified atom stereocenters. The fraction of sp³-hybridized carbons (Fsp3) is 0.200. The highest BCUT2D eigenvalue weighted by Gasteiger charge is 2.11. The third-order valence-corrected chi connectivity index (χ3v) is 3.54. The van der Waals surface area contributed by atoms with Crippen molar-refractivity contribution < 1.29 is 4.79 Å². The van der Waals surface area contributed by atoms with E-state index in [-0.39, 0.29) is 18.4 Å². The Hall–Kier alpha value is -1.58. The highest BCUT2D eigenvalue weighted by Crippen LogP contribution is 2.21. The summed E-state index contributed by atoms with van der Waals surface area (Å²) in [5, 5.41) is 3.99. The third kappa shape index (κ3) is 3.95. The molecule has 20 heavy (non-hydrogen) atoms. The standard InChI is InChI=1S/C15H14Cl2N2O/c1-10(11-4-6-18-7-5-11)19-15(20)8-12-2-3-13(16)9-14(12)17/h2-7,9-10H,8H2,1H3,(H,19,20). The van der Waals surface area contributed by atoms with Gasteiger partial charge in [-0.1, -0.05) is 29.3 Å². The molecule has 104 valence electrons. The summed E-state index contributed by atoms with van der Waals surface area (Å²) in [6.07, 6.45) is 3.63. The molecule has 0 aliphatic rings. The maximum atomic E-state index is 12.0. The monoisotopic (exact) mass is 308 g/mol. The molecule has 0 aliphatic heterocycles. The summed E-state index contributed by atoms with van der Waals surface area (Å²) >= 11 is 11.9. The Labute approximate surface area is 127 Å². The zero-order chi connectivity index (χ0) is 14.5. The molecule has 1 amide bonds. The number of nitrogens with zero attached hydrogens (tertiary/aromatic N) is 1. The lowest BCUT2D eigenvalue weighted by Gasteiger charge is -2.14. The van der Waals surface area contributed by atoms with E-state index in [4.69, 9.17) is 23.2 Å². The molecule has 1 heterocycles. The van der Waals surface area contributed by atoms with Gasteiger partial charge in [-0.2, -0.15) is 0 Å².